The Morgan fingerprint density at radius 2 is 1.57 bits per heavy atom. The number of hydrogen-bond acceptors (Lipinski definition) is 2. The Bertz CT molecular complexity index is 414. The molecule has 2 heteroatoms. The summed E-state index contributed by atoms with van der Waals surface area (Å²) in [5.41, 5.74) is 1.74. The van der Waals surface area contributed by atoms with Crippen LogP contribution in [-0.4, -0.2) is 18.2 Å². The summed E-state index contributed by atoms with van der Waals surface area (Å²) in [6.07, 6.45) is 2.36. The molecule has 0 heterocycles. The highest BCUT2D eigenvalue weighted by Gasteiger charge is 2.18. The van der Waals surface area contributed by atoms with Crippen molar-refractivity contribution >= 4 is 0 Å². The molecule has 1 aromatic rings. The van der Waals surface area contributed by atoms with Crippen LogP contribution in [0.1, 0.15) is 66.9 Å². The van der Waals surface area contributed by atoms with Crippen LogP contribution >= 0.6 is 0 Å². The zero-order valence-corrected chi connectivity index (χ0v) is 14.9. The number of rotatable bonds is 7. The lowest BCUT2D eigenvalue weighted by molar-refractivity contribution is 0.181. The molecular weight excluding hydrogens is 258 g/mol. The smallest absolute Gasteiger partial charge is 0.119 e. The van der Waals surface area contributed by atoms with E-state index in [0.717, 1.165) is 25.1 Å². The quantitative estimate of drug-likeness (QED) is 0.770. The van der Waals surface area contributed by atoms with Gasteiger partial charge in [0.1, 0.15) is 11.9 Å². The minimum absolute atomic E-state index is 0.131. The molecule has 0 amide bonds. The van der Waals surface area contributed by atoms with Gasteiger partial charge in [-0.2, -0.15) is 0 Å². The normalized spacial score (nSPS) is 14.0. The molecule has 0 saturated heterocycles. The van der Waals surface area contributed by atoms with Gasteiger partial charge in [0, 0.05) is 12.1 Å². The topological polar surface area (TPSA) is 21.3 Å². The molecule has 0 saturated carbocycles. The Hall–Kier alpha value is -1.02. The van der Waals surface area contributed by atoms with E-state index in [9.17, 15) is 0 Å². The van der Waals surface area contributed by atoms with E-state index in [-0.39, 0.29) is 17.1 Å². The van der Waals surface area contributed by atoms with Gasteiger partial charge < -0.3 is 10.1 Å². The summed E-state index contributed by atoms with van der Waals surface area (Å²) in [5, 5.41) is 3.51. The van der Waals surface area contributed by atoms with Crippen LogP contribution in [-0.2, 0) is 5.41 Å². The first-order valence-corrected chi connectivity index (χ1v) is 8.20. The Morgan fingerprint density at radius 1 is 1.00 bits per heavy atom. The average Bonchev–Trinajstić information content (AvgIpc) is 2.43. The predicted octanol–water partition coefficient (Wildman–Crippen LogP) is 4.92. The maximum atomic E-state index is 6.10. The molecular formula is C19H33NO. The van der Waals surface area contributed by atoms with E-state index in [1.54, 1.807) is 0 Å². The Morgan fingerprint density at radius 3 is 2.00 bits per heavy atom. The van der Waals surface area contributed by atoms with Crippen LogP contribution in [0.5, 0.6) is 5.75 Å². The molecule has 1 N–H and O–H groups in total. The van der Waals surface area contributed by atoms with Gasteiger partial charge in [-0.15, -0.1) is 0 Å². The molecule has 2 nitrogen and oxygen atoms in total. The lowest BCUT2D eigenvalue weighted by atomic mass is 9.82. The van der Waals surface area contributed by atoms with Gasteiger partial charge in [-0.1, -0.05) is 39.8 Å². The van der Waals surface area contributed by atoms with Crippen LogP contribution in [0.3, 0.4) is 0 Å². The third-order valence-corrected chi connectivity index (χ3v) is 4.14. The zero-order chi connectivity index (χ0) is 16.1. The molecule has 21 heavy (non-hydrogen) atoms. The number of benzene rings is 1. The molecule has 0 aromatic heterocycles. The predicted molar refractivity (Wildman–Crippen MR) is 92.2 cm³/mol. The maximum absolute atomic E-state index is 6.10. The van der Waals surface area contributed by atoms with Crippen molar-refractivity contribution in [2.75, 3.05) is 6.54 Å². The molecule has 120 valence electrons. The Balaban J connectivity index is 2.65. The summed E-state index contributed by atoms with van der Waals surface area (Å²) in [6.45, 7) is 16.4. The highest BCUT2D eigenvalue weighted by molar-refractivity contribution is 5.31. The molecule has 0 aliphatic heterocycles. The highest BCUT2D eigenvalue weighted by atomic mass is 16.5. The molecule has 0 radical (unpaired) electrons. The second-order valence-corrected chi connectivity index (χ2v) is 7.54. The summed E-state index contributed by atoms with van der Waals surface area (Å²) >= 11 is 0. The molecule has 0 fully saturated rings. The van der Waals surface area contributed by atoms with Gasteiger partial charge in [0.25, 0.3) is 0 Å². The average molecular weight is 291 g/mol. The zero-order valence-electron chi connectivity index (χ0n) is 14.9. The van der Waals surface area contributed by atoms with Gasteiger partial charge in [0.05, 0.1) is 0 Å². The monoisotopic (exact) mass is 291 g/mol. The fourth-order valence-corrected chi connectivity index (χ4v) is 2.07. The summed E-state index contributed by atoms with van der Waals surface area (Å²) in [5.74, 6) is 0.966. The summed E-state index contributed by atoms with van der Waals surface area (Å²) in [7, 11) is 0. The standard InChI is InChI=1S/C19H33NO/c1-8-16(14-20-18(3,4)5)21-17-12-10-15(11-13-17)19(6,7)9-2/h10-13,16,20H,8-9,14H2,1-7H3. The van der Waals surface area contributed by atoms with Crippen molar-refractivity contribution in [2.24, 2.45) is 0 Å². The molecule has 0 bridgehead atoms. The first-order valence-electron chi connectivity index (χ1n) is 8.20. The van der Waals surface area contributed by atoms with Crippen molar-refractivity contribution in [3.8, 4) is 5.75 Å². The van der Waals surface area contributed by atoms with Crippen molar-refractivity contribution in [2.45, 2.75) is 78.4 Å². The van der Waals surface area contributed by atoms with E-state index in [1.807, 2.05) is 0 Å². The van der Waals surface area contributed by atoms with E-state index in [2.05, 4.69) is 78.0 Å². The van der Waals surface area contributed by atoms with Crippen molar-refractivity contribution in [3.63, 3.8) is 0 Å². The first-order chi connectivity index (χ1) is 9.68. The van der Waals surface area contributed by atoms with Crippen molar-refractivity contribution in [1.82, 2.24) is 5.32 Å². The van der Waals surface area contributed by atoms with Gasteiger partial charge in [-0.3, -0.25) is 0 Å². The molecule has 1 aromatic carbocycles. The molecule has 1 unspecified atom stereocenters. The highest BCUT2D eigenvalue weighted by Crippen LogP contribution is 2.28. The largest absolute Gasteiger partial charge is 0.489 e. The fourth-order valence-electron chi connectivity index (χ4n) is 2.07. The van der Waals surface area contributed by atoms with Crippen LogP contribution in [0.4, 0.5) is 0 Å². The minimum Gasteiger partial charge on any atom is -0.489 e. The fraction of sp³-hybridized carbons (Fsp3) is 0.684. The van der Waals surface area contributed by atoms with E-state index in [4.69, 9.17) is 4.74 Å². The third kappa shape index (κ3) is 6.09. The van der Waals surface area contributed by atoms with Crippen molar-refractivity contribution < 1.29 is 4.74 Å². The molecule has 0 spiro atoms. The molecule has 0 aliphatic carbocycles. The van der Waals surface area contributed by atoms with Crippen molar-refractivity contribution in [1.29, 1.82) is 0 Å². The lowest BCUT2D eigenvalue weighted by Gasteiger charge is -2.26. The SMILES string of the molecule is CCC(CNC(C)(C)C)Oc1ccc(C(C)(C)CC)cc1. The number of ether oxygens (including phenoxy) is 1. The summed E-state index contributed by atoms with van der Waals surface area (Å²) in [4.78, 5) is 0. The van der Waals surface area contributed by atoms with Gasteiger partial charge >= 0.3 is 0 Å². The number of nitrogens with one attached hydrogen (secondary N) is 1. The Labute approximate surface area is 131 Å². The van der Waals surface area contributed by atoms with Gasteiger partial charge in [0.2, 0.25) is 0 Å². The van der Waals surface area contributed by atoms with E-state index in [0.29, 0.717) is 0 Å². The summed E-state index contributed by atoms with van der Waals surface area (Å²) in [6, 6.07) is 8.60. The maximum Gasteiger partial charge on any atom is 0.119 e. The van der Waals surface area contributed by atoms with Crippen LogP contribution in [0.25, 0.3) is 0 Å². The second-order valence-electron chi connectivity index (χ2n) is 7.54. The van der Waals surface area contributed by atoms with Gasteiger partial charge in [-0.05, 0) is 56.7 Å². The molecule has 0 aliphatic rings. The summed E-state index contributed by atoms with van der Waals surface area (Å²) < 4.78 is 6.10. The molecule has 1 atom stereocenters. The number of hydrogen-bond donors (Lipinski definition) is 1. The second kappa shape index (κ2) is 7.31. The van der Waals surface area contributed by atoms with Gasteiger partial charge in [-0.25, -0.2) is 0 Å². The van der Waals surface area contributed by atoms with Crippen molar-refractivity contribution in [3.05, 3.63) is 29.8 Å². The van der Waals surface area contributed by atoms with E-state index < -0.39 is 0 Å². The van der Waals surface area contributed by atoms with E-state index >= 15 is 0 Å². The van der Waals surface area contributed by atoms with Crippen LogP contribution in [0.2, 0.25) is 0 Å². The lowest BCUT2D eigenvalue weighted by Crippen LogP contribution is -2.42. The van der Waals surface area contributed by atoms with Crippen LogP contribution in [0.15, 0.2) is 24.3 Å². The van der Waals surface area contributed by atoms with Crippen LogP contribution < -0.4 is 10.1 Å². The Kier molecular flexibility index (Phi) is 6.27. The first kappa shape index (κ1) is 18.0. The van der Waals surface area contributed by atoms with E-state index in [1.165, 1.54) is 5.56 Å². The minimum atomic E-state index is 0.131. The molecule has 1 rings (SSSR count). The third-order valence-electron chi connectivity index (χ3n) is 4.14. The van der Waals surface area contributed by atoms with Crippen LogP contribution in [0, 0.1) is 0 Å². The van der Waals surface area contributed by atoms with Gasteiger partial charge in [0.15, 0.2) is 0 Å².